The highest BCUT2D eigenvalue weighted by Crippen LogP contribution is 2.22. The third kappa shape index (κ3) is 4.67. The highest BCUT2D eigenvalue weighted by molar-refractivity contribution is 7.09. The fraction of sp³-hybridized carbons (Fsp3) is 0.368. The van der Waals surface area contributed by atoms with Crippen LogP contribution in [0.4, 0.5) is 0 Å². The number of carbonyl (C=O) groups is 1. The predicted octanol–water partition coefficient (Wildman–Crippen LogP) is 4.55. The Hall–Kier alpha value is -2.12. The third-order valence-electron chi connectivity index (χ3n) is 4.04. The second-order valence-corrected chi connectivity index (χ2v) is 6.55. The van der Waals surface area contributed by atoms with Gasteiger partial charge in [0.15, 0.2) is 0 Å². The molecule has 1 aromatic carbocycles. The van der Waals surface area contributed by atoms with E-state index < -0.39 is 0 Å². The normalized spacial score (nSPS) is 11.7. The van der Waals surface area contributed by atoms with E-state index in [0.717, 1.165) is 18.4 Å². The number of hydrogen-bond donors (Lipinski definition) is 0. The van der Waals surface area contributed by atoms with Crippen LogP contribution < -0.4 is 0 Å². The number of amides is 1. The molecule has 0 radical (unpaired) electrons. The lowest BCUT2D eigenvalue weighted by Crippen LogP contribution is -2.33. The van der Waals surface area contributed by atoms with Crippen molar-refractivity contribution in [1.29, 1.82) is 5.26 Å². The van der Waals surface area contributed by atoms with Crippen molar-refractivity contribution in [2.75, 3.05) is 6.54 Å². The lowest BCUT2D eigenvalue weighted by Gasteiger charge is -2.28. The summed E-state index contributed by atoms with van der Waals surface area (Å²) in [6.45, 7) is 4.75. The number of aryl methyl sites for hydroxylation is 1. The van der Waals surface area contributed by atoms with Crippen LogP contribution in [0, 0.1) is 11.3 Å². The molecular weight excluding hydrogens is 304 g/mol. The monoisotopic (exact) mass is 326 g/mol. The van der Waals surface area contributed by atoms with Gasteiger partial charge in [-0.05, 0) is 55.8 Å². The van der Waals surface area contributed by atoms with Crippen molar-refractivity contribution in [1.82, 2.24) is 4.90 Å². The van der Waals surface area contributed by atoms with E-state index in [4.69, 9.17) is 5.26 Å². The summed E-state index contributed by atoms with van der Waals surface area (Å²) in [7, 11) is 0. The van der Waals surface area contributed by atoms with Crippen LogP contribution in [0.15, 0.2) is 41.8 Å². The number of hydrogen-bond acceptors (Lipinski definition) is 3. The summed E-state index contributed by atoms with van der Waals surface area (Å²) < 4.78 is 0. The van der Waals surface area contributed by atoms with Crippen molar-refractivity contribution in [3.05, 3.63) is 57.8 Å². The van der Waals surface area contributed by atoms with Gasteiger partial charge in [0, 0.05) is 17.8 Å². The van der Waals surface area contributed by atoms with Gasteiger partial charge in [0.1, 0.15) is 0 Å². The van der Waals surface area contributed by atoms with E-state index in [9.17, 15) is 4.79 Å². The van der Waals surface area contributed by atoms with Crippen LogP contribution in [-0.2, 0) is 11.2 Å². The molecule has 23 heavy (non-hydrogen) atoms. The van der Waals surface area contributed by atoms with Gasteiger partial charge in [-0.3, -0.25) is 4.79 Å². The first-order chi connectivity index (χ1) is 11.2. The summed E-state index contributed by atoms with van der Waals surface area (Å²) in [6, 6.07) is 13.8. The van der Waals surface area contributed by atoms with E-state index >= 15 is 0 Å². The van der Waals surface area contributed by atoms with Crippen molar-refractivity contribution in [3.63, 3.8) is 0 Å². The van der Waals surface area contributed by atoms with E-state index in [-0.39, 0.29) is 11.9 Å². The first kappa shape index (κ1) is 17.2. The summed E-state index contributed by atoms with van der Waals surface area (Å²) in [5.41, 5.74) is 1.71. The number of nitriles is 1. The van der Waals surface area contributed by atoms with Crippen LogP contribution >= 0.6 is 11.3 Å². The van der Waals surface area contributed by atoms with Crippen molar-refractivity contribution in [3.8, 4) is 6.07 Å². The number of benzene rings is 1. The van der Waals surface area contributed by atoms with Crippen LogP contribution in [-0.4, -0.2) is 17.4 Å². The highest BCUT2D eigenvalue weighted by Gasteiger charge is 2.19. The fourth-order valence-corrected chi connectivity index (χ4v) is 3.45. The SMILES string of the molecule is CCN(C(=O)CCCc1cccs1)C(C)c1ccc(C#N)cc1. The smallest absolute Gasteiger partial charge is 0.223 e. The maximum atomic E-state index is 12.5. The summed E-state index contributed by atoms with van der Waals surface area (Å²) in [4.78, 5) is 15.8. The molecule has 2 aromatic rings. The molecule has 4 heteroatoms. The Morgan fingerprint density at radius 1 is 1.30 bits per heavy atom. The Kier molecular flexibility index (Phi) is 6.37. The molecule has 0 N–H and O–H groups in total. The number of thiophene rings is 1. The molecule has 1 amide bonds. The fourth-order valence-electron chi connectivity index (χ4n) is 2.69. The Morgan fingerprint density at radius 2 is 2.04 bits per heavy atom. The van der Waals surface area contributed by atoms with Gasteiger partial charge in [-0.25, -0.2) is 0 Å². The minimum Gasteiger partial charge on any atom is -0.336 e. The summed E-state index contributed by atoms with van der Waals surface area (Å²) in [6.07, 6.45) is 2.43. The maximum Gasteiger partial charge on any atom is 0.223 e. The van der Waals surface area contributed by atoms with Crippen molar-refractivity contribution in [2.24, 2.45) is 0 Å². The minimum absolute atomic E-state index is 0.0296. The van der Waals surface area contributed by atoms with Gasteiger partial charge in [0.25, 0.3) is 0 Å². The molecule has 0 spiro atoms. The predicted molar refractivity (Wildman–Crippen MR) is 94.2 cm³/mol. The Morgan fingerprint density at radius 3 is 2.61 bits per heavy atom. The second-order valence-electron chi connectivity index (χ2n) is 5.52. The zero-order valence-corrected chi connectivity index (χ0v) is 14.5. The Bertz CT molecular complexity index is 656. The lowest BCUT2D eigenvalue weighted by molar-refractivity contribution is -0.133. The molecule has 1 atom stereocenters. The van der Waals surface area contributed by atoms with E-state index in [1.54, 1.807) is 23.5 Å². The average Bonchev–Trinajstić information content (AvgIpc) is 3.09. The molecule has 0 aliphatic carbocycles. The van der Waals surface area contributed by atoms with Crippen molar-refractivity contribution in [2.45, 2.75) is 39.2 Å². The standard InChI is InChI=1S/C19H22N2OS/c1-3-21(15(2)17-11-9-16(14-20)10-12-17)19(22)8-4-6-18-7-5-13-23-18/h5,7,9-13,15H,3-4,6,8H2,1-2H3. The largest absolute Gasteiger partial charge is 0.336 e. The van der Waals surface area contributed by atoms with E-state index in [1.165, 1.54) is 4.88 Å². The molecule has 0 aliphatic rings. The third-order valence-corrected chi connectivity index (χ3v) is 4.98. The molecule has 3 nitrogen and oxygen atoms in total. The van der Waals surface area contributed by atoms with Crippen LogP contribution in [0.2, 0.25) is 0 Å². The van der Waals surface area contributed by atoms with Gasteiger partial charge in [-0.15, -0.1) is 11.3 Å². The van der Waals surface area contributed by atoms with Gasteiger partial charge >= 0.3 is 0 Å². The van der Waals surface area contributed by atoms with Crippen LogP contribution in [0.5, 0.6) is 0 Å². The molecule has 0 aliphatic heterocycles. The summed E-state index contributed by atoms with van der Waals surface area (Å²) in [5, 5.41) is 10.9. The van der Waals surface area contributed by atoms with Crippen LogP contribution in [0.25, 0.3) is 0 Å². The van der Waals surface area contributed by atoms with Gasteiger partial charge in [0.2, 0.25) is 5.91 Å². The first-order valence-electron chi connectivity index (χ1n) is 7.97. The molecule has 120 valence electrons. The van der Waals surface area contributed by atoms with Gasteiger partial charge in [-0.2, -0.15) is 5.26 Å². The van der Waals surface area contributed by atoms with E-state index in [2.05, 4.69) is 17.5 Å². The maximum absolute atomic E-state index is 12.5. The average molecular weight is 326 g/mol. The van der Waals surface area contributed by atoms with Crippen molar-refractivity contribution < 1.29 is 4.79 Å². The molecular formula is C19H22N2OS. The van der Waals surface area contributed by atoms with E-state index in [0.29, 0.717) is 18.5 Å². The zero-order valence-electron chi connectivity index (χ0n) is 13.7. The molecule has 0 fully saturated rings. The lowest BCUT2D eigenvalue weighted by atomic mass is 10.0. The van der Waals surface area contributed by atoms with Crippen molar-refractivity contribution >= 4 is 17.2 Å². The van der Waals surface area contributed by atoms with E-state index in [1.807, 2.05) is 36.9 Å². The Labute approximate surface area is 142 Å². The molecule has 0 saturated heterocycles. The summed E-state index contributed by atoms with van der Waals surface area (Å²) >= 11 is 1.74. The number of carbonyl (C=O) groups excluding carboxylic acids is 1. The van der Waals surface area contributed by atoms with Crippen LogP contribution in [0.1, 0.15) is 48.7 Å². The molecule has 1 heterocycles. The van der Waals surface area contributed by atoms with Gasteiger partial charge in [-0.1, -0.05) is 18.2 Å². The van der Waals surface area contributed by atoms with Gasteiger partial charge in [0.05, 0.1) is 17.7 Å². The first-order valence-corrected chi connectivity index (χ1v) is 8.85. The topological polar surface area (TPSA) is 44.1 Å². The number of rotatable bonds is 7. The highest BCUT2D eigenvalue weighted by atomic mass is 32.1. The molecule has 0 bridgehead atoms. The Balaban J connectivity index is 1.93. The van der Waals surface area contributed by atoms with Gasteiger partial charge < -0.3 is 4.90 Å². The zero-order chi connectivity index (χ0) is 16.7. The minimum atomic E-state index is 0.0296. The molecule has 2 rings (SSSR count). The van der Waals surface area contributed by atoms with Crippen LogP contribution in [0.3, 0.4) is 0 Å². The number of nitrogens with zero attached hydrogens (tertiary/aromatic N) is 2. The molecule has 1 unspecified atom stereocenters. The quantitative estimate of drug-likeness (QED) is 0.749. The second kappa shape index (κ2) is 8.50. The molecule has 0 saturated carbocycles. The summed E-state index contributed by atoms with van der Waals surface area (Å²) in [5.74, 6) is 0.195. The molecule has 1 aromatic heterocycles.